The molecule has 0 saturated carbocycles. The molecule has 0 amide bonds. The molecule has 1 unspecified atom stereocenters. The van der Waals surface area contributed by atoms with Crippen molar-refractivity contribution in [2.75, 3.05) is 6.61 Å². The van der Waals surface area contributed by atoms with Crippen molar-refractivity contribution in [1.29, 1.82) is 0 Å². The first-order valence-electron chi connectivity index (χ1n) is 5.81. The summed E-state index contributed by atoms with van der Waals surface area (Å²) in [6.45, 7) is 6.68. The monoisotopic (exact) mass is 202 g/mol. The van der Waals surface area contributed by atoms with Crippen molar-refractivity contribution in [2.24, 2.45) is 5.41 Å². The van der Waals surface area contributed by atoms with Gasteiger partial charge < -0.3 is 10.2 Å². The minimum absolute atomic E-state index is 0.115. The van der Waals surface area contributed by atoms with E-state index in [1.807, 2.05) is 6.92 Å². The quantitative estimate of drug-likeness (QED) is 0.594. The highest BCUT2D eigenvalue weighted by molar-refractivity contribution is 4.68. The summed E-state index contributed by atoms with van der Waals surface area (Å²) in [6, 6.07) is 0. The number of hydrogen-bond donors (Lipinski definition) is 2. The van der Waals surface area contributed by atoms with Crippen LogP contribution in [0.5, 0.6) is 0 Å². The van der Waals surface area contributed by atoms with Gasteiger partial charge in [-0.2, -0.15) is 0 Å². The number of unbranched alkanes of at least 4 members (excludes halogenated alkanes) is 1. The summed E-state index contributed by atoms with van der Waals surface area (Å²) in [7, 11) is 0. The highest BCUT2D eigenvalue weighted by Gasteiger charge is 2.16. The molecule has 1 atom stereocenters. The number of hydrogen-bond acceptors (Lipinski definition) is 2. The molecule has 0 bridgehead atoms. The minimum atomic E-state index is -0.115. The highest BCUT2D eigenvalue weighted by Crippen LogP contribution is 2.27. The molecule has 0 rings (SSSR count). The Morgan fingerprint density at radius 1 is 1.14 bits per heavy atom. The van der Waals surface area contributed by atoms with E-state index in [1.165, 1.54) is 0 Å². The van der Waals surface area contributed by atoms with E-state index < -0.39 is 0 Å². The third-order valence-corrected chi connectivity index (χ3v) is 2.90. The molecule has 0 aliphatic heterocycles. The second-order valence-corrected chi connectivity index (χ2v) is 4.95. The van der Waals surface area contributed by atoms with E-state index in [-0.39, 0.29) is 18.1 Å². The molecule has 0 fully saturated rings. The van der Waals surface area contributed by atoms with Crippen LogP contribution in [-0.4, -0.2) is 22.9 Å². The lowest BCUT2D eigenvalue weighted by Gasteiger charge is -2.23. The van der Waals surface area contributed by atoms with Crippen LogP contribution in [0.1, 0.15) is 59.3 Å². The van der Waals surface area contributed by atoms with Gasteiger partial charge in [-0.25, -0.2) is 0 Å². The van der Waals surface area contributed by atoms with E-state index in [2.05, 4.69) is 13.8 Å². The number of aliphatic hydroxyl groups excluding tert-OH is 2. The van der Waals surface area contributed by atoms with Gasteiger partial charge in [0.1, 0.15) is 0 Å². The zero-order valence-electron chi connectivity index (χ0n) is 9.92. The summed E-state index contributed by atoms with van der Waals surface area (Å²) < 4.78 is 0. The van der Waals surface area contributed by atoms with Gasteiger partial charge in [0.2, 0.25) is 0 Å². The molecule has 0 spiro atoms. The van der Waals surface area contributed by atoms with E-state index >= 15 is 0 Å². The van der Waals surface area contributed by atoms with Gasteiger partial charge in [0, 0.05) is 6.61 Å². The predicted molar refractivity (Wildman–Crippen MR) is 60.2 cm³/mol. The van der Waals surface area contributed by atoms with Gasteiger partial charge in [0.25, 0.3) is 0 Å². The second kappa shape index (κ2) is 7.24. The number of aliphatic hydroxyl groups is 2. The lowest BCUT2D eigenvalue weighted by molar-refractivity contribution is 0.151. The van der Waals surface area contributed by atoms with Crippen LogP contribution in [0, 0.1) is 5.41 Å². The minimum Gasteiger partial charge on any atom is -0.396 e. The van der Waals surface area contributed by atoms with Crippen LogP contribution < -0.4 is 0 Å². The third-order valence-electron chi connectivity index (χ3n) is 2.90. The molecule has 2 N–H and O–H groups in total. The first-order valence-corrected chi connectivity index (χ1v) is 5.81. The van der Waals surface area contributed by atoms with E-state index in [1.54, 1.807) is 0 Å². The number of rotatable bonds is 8. The van der Waals surface area contributed by atoms with E-state index in [0.717, 1.165) is 38.5 Å². The van der Waals surface area contributed by atoms with Gasteiger partial charge in [-0.3, -0.25) is 0 Å². The normalized spacial score (nSPS) is 14.4. The molecule has 0 aromatic rings. The summed E-state index contributed by atoms with van der Waals surface area (Å²) in [6.07, 6.45) is 5.95. The molecule has 2 nitrogen and oxygen atoms in total. The molecule has 0 aliphatic carbocycles. The fourth-order valence-electron chi connectivity index (χ4n) is 1.62. The SMILES string of the molecule is CCC(O)CCCCC(C)(C)CCO. The summed E-state index contributed by atoms with van der Waals surface area (Å²) >= 11 is 0. The van der Waals surface area contributed by atoms with Crippen LogP contribution in [0.4, 0.5) is 0 Å². The van der Waals surface area contributed by atoms with Crippen LogP contribution in [0.2, 0.25) is 0 Å². The fraction of sp³-hybridized carbons (Fsp3) is 1.00. The standard InChI is InChI=1S/C12H26O2/c1-4-11(14)7-5-6-8-12(2,3)9-10-13/h11,13-14H,4-10H2,1-3H3. The maximum absolute atomic E-state index is 9.35. The molecule has 0 saturated heterocycles. The Labute approximate surface area is 88.3 Å². The van der Waals surface area contributed by atoms with Gasteiger partial charge in [0.05, 0.1) is 6.10 Å². The Balaban J connectivity index is 3.43. The van der Waals surface area contributed by atoms with Crippen molar-refractivity contribution in [3.63, 3.8) is 0 Å². The highest BCUT2D eigenvalue weighted by atomic mass is 16.3. The third kappa shape index (κ3) is 7.34. The lowest BCUT2D eigenvalue weighted by atomic mass is 9.84. The average molecular weight is 202 g/mol. The smallest absolute Gasteiger partial charge is 0.0537 e. The summed E-state index contributed by atoms with van der Waals surface area (Å²) in [5, 5.41) is 18.2. The van der Waals surface area contributed by atoms with Gasteiger partial charge in [0.15, 0.2) is 0 Å². The summed E-state index contributed by atoms with van der Waals surface area (Å²) in [5.74, 6) is 0. The zero-order valence-corrected chi connectivity index (χ0v) is 9.92. The zero-order chi connectivity index (χ0) is 11.0. The Morgan fingerprint density at radius 3 is 2.29 bits per heavy atom. The maximum atomic E-state index is 9.35. The van der Waals surface area contributed by atoms with Gasteiger partial charge >= 0.3 is 0 Å². The van der Waals surface area contributed by atoms with Gasteiger partial charge in [-0.15, -0.1) is 0 Å². The maximum Gasteiger partial charge on any atom is 0.0537 e. The van der Waals surface area contributed by atoms with Crippen molar-refractivity contribution in [1.82, 2.24) is 0 Å². The van der Waals surface area contributed by atoms with Crippen molar-refractivity contribution in [3.8, 4) is 0 Å². The molecule has 0 aliphatic rings. The fourth-order valence-corrected chi connectivity index (χ4v) is 1.62. The Bertz CT molecular complexity index is 132. The first-order chi connectivity index (χ1) is 6.52. The van der Waals surface area contributed by atoms with E-state index in [9.17, 15) is 5.11 Å². The molecule has 0 aromatic heterocycles. The molecular weight excluding hydrogens is 176 g/mol. The van der Waals surface area contributed by atoms with Crippen LogP contribution >= 0.6 is 0 Å². The van der Waals surface area contributed by atoms with Gasteiger partial charge in [-0.1, -0.05) is 33.6 Å². The van der Waals surface area contributed by atoms with Crippen LogP contribution in [0.3, 0.4) is 0 Å². The summed E-state index contributed by atoms with van der Waals surface area (Å²) in [4.78, 5) is 0. The summed E-state index contributed by atoms with van der Waals surface area (Å²) in [5.41, 5.74) is 0.256. The Hall–Kier alpha value is -0.0800. The molecule has 0 radical (unpaired) electrons. The molecule has 0 aromatic carbocycles. The van der Waals surface area contributed by atoms with Crippen LogP contribution in [-0.2, 0) is 0 Å². The van der Waals surface area contributed by atoms with Gasteiger partial charge in [-0.05, 0) is 31.1 Å². The molecule has 0 heterocycles. The first kappa shape index (κ1) is 13.9. The molecule has 14 heavy (non-hydrogen) atoms. The molecule has 86 valence electrons. The predicted octanol–water partition coefficient (Wildman–Crippen LogP) is 2.73. The van der Waals surface area contributed by atoms with Crippen molar-refractivity contribution < 1.29 is 10.2 Å². The topological polar surface area (TPSA) is 40.5 Å². The largest absolute Gasteiger partial charge is 0.396 e. The van der Waals surface area contributed by atoms with E-state index in [4.69, 9.17) is 5.11 Å². The Morgan fingerprint density at radius 2 is 1.79 bits per heavy atom. The molecule has 2 heteroatoms. The van der Waals surface area contributed by atoms with Crippen LogP contribution in [0.15, 0.2) is 0 Å². The van der Waals surface area contributed by atoms with Crippen molar-refractivity contribution in [3.05, 3.63) is 0 Å². The van der Waals surface area contributed by atoms with Crippen LogP contribution in [0.25, 0.3) is 0 Å². The second-order valence-electron chi connectivity index (χ2n) is 4.95. The lowest BCUT2D eigenvalue weighted by Crippen LogP contribution is -2.13. The average Bonchev–Trinajstić information content (AvgIpc) is 2.12. The molecular formula is C12H26O2. The van der Waals surface area contributed by atoms with Crippen molar-refractivity contribution >= 4 is 0 Å². The van der Waals surface area contributed by atoms with E-state index in [0.29, 0.717) is 0 Å². The Kier molecular flexibility index (Phi) is 7.20. The van der Waals surface area contributed by atoms with Crippen molar-refractivity contribution in [2.45, 2.75) is 65.4 Å².